The molecule has 0 aliphatic heterocycles. The van der Waals surface area contributed by atoms with Crippen LogP contribution in [0.2, 0.25) is 0 Å². The first-order chi connectivity index (χ1) is 10.1. The molecule has 0 aliphatic rings. The van der Waals surface area contributed by atoms with Crippen molar-refractivity contribution in [1.29, 1.82) is 0 Å². The number of rotatable bonds is 5. The third-order valence-electron chi connectivity index (χ3n) is 2.51. The van der Waals surface area contributed by atoms with E-state index in [1.54, 1.807) is 17.5 Å². The number of thiophene rings is 1. The van der Waals surface area contributed by atoms with E-state index >= 15 is 0 Å². The molecule has 21 heavy (non-hydrogen) atoms. The minimum Gasteiger partial charge on any atom is -0.483 e. The van der Waals surface area contributed by atoms with Gasteiger partial charge in [-0.25, -0.2) is 4.79 Å². The van der Waals surface area contributed by atoms with Crippen LogP contribution in [0.25, 0.3) is 0 Å². The number of nitrogens with one attached hydrogen (secondary N) is 1. The molecule has 1 amide bonds. The summed E-state index contributed by atoms with van der Waals surface area (Å²) in [5.74, 6) is -0.257. The van der Waals surface area contributed by atoms with Crippen molar-refractivity contribution >= 4 is 44.8 Å². The van der Waals surface area contributed by atoms with Crippen LogP contribution < -0.4 is 10.1 Å². The second-order valence-corrected chi connectivity index (χ2v) is 5.69. The van der Waals surface area contributed by atoms with Crippen molar-refractivity contribution in [3.8, 4) is 5.75 Å². The first kappa shape index (κ1) is 15.5. The maximum absolute atomic E-state index is 11.9. The number of halogens is 1. The van der Waals surface area contributed by atoms with Crippen molar-refractivity contribution in [2.45, 2.75) is 0 Å². The molecule has 1 N–H and O–H groups in total. The molecular formula is C14H12BrNO4S. The number of hydrogen-bond donors (Lipinski definition) is 1. The summed E-state index contributed by atoms with van der Waals surface area (Å²) in [6, 6.07) is 8.88. The van der Waals surface area contributed by atoms with Crippen LogP contribution in [0, 0.1) is 0 Å². The number of hydrogen-bond acceptors (Lipinski definition) is 5. The van der Waals surface area contributed by atoms with Gasteiger partial charge in [-0.15, -0.1) is 11.3 Å². The number of amides is 1. The number of ether oxygens (including phenoxy) is 2. The van der Waals surface area contributed by atoms with Crippen LogP contribution in [0.4, 0.5) is 5.69 Å². The molecule has 0 bridgehead atoms. The van der Waals surface area contributed by atoms with Gasteiger partial charge in [-0.1, -0.05) is 12.1 Å². The van der Waals surface area contributed by atoms with E-state index in [-0.39, 0.29) is 12.5 Å². The highest BCUT2D eigenvalue weighted by atomic mass is 79.9. The summed E-state index contributed by atoms with van der Waals surface area (Å²) in [5, 5.41) is 4.33. The number of anilines is 1. The van der Waals surface area contributed by atoms with Gasteiger partial charge in [-0.05, 0) is 39.5 Å². The largest absolute Gasteiger partial charge is 0.483 e. The monoisotopic (exact) mass is 369 g/mol. The van der Waals surface area contributed by atoms with Gasteiger partial charge in [0.1, 0.15) is 10.6 Å². The molecule has 1 heterocycles. The quantitative estimate of drug-likeness (QED) is 0.821. The van der Waals surface area contributed by atoms with Gasteiger partial charge in [0, 0.05) is 0 Å². The lowest BCUT2D eigenvalue weighted by Crippen LogP contribution is -2.21. The average Bonchev–Trinajstić information content (AvgIpc) is 2.93. The molecule has 0 aliphatic carbocycles. The first-order valence-electron chi connectivity index (χ1n) is 5.95. The Morgan fingerprint density at radius 2 is 2.05 bits per heavy atom. The Morgan fingerprint density at radius 1 is 1.29 bits per heavy atom. The van der Waals surface area contributed by atoms with Gasteiger partial charge < -0.3 is 14.8 Å². The van der Waals surface area contributed by atoms with Crippen molar-refractivity contribution in [2.24, 2.45) is 0 Å². The SMILES string of the molecule is COC(=O)c1sccc1NC(=O)COc1ccccc1Br. The molecule has 2 aromatic rings. The maximum Gasteiger partial charge on any atom is 0.350 e. The van der Waals surface area contributed by atoms with Gasteiger partial charge in [-0.2, -0.15) is 0 Å². The number of carbonyl (C=O) groups excluding carboxylic acids is 2. The van der Waals surface area contributed by atoms with Crippen molar-refractivity contribution in [3.63, 3.8) is 0 Å². The van der Waals surface area contributed by atoms with Gasteiger partial charge >= 0.3 is 5.97 Å². The minimum atomic E-state index is -0.480. The number of carbonyl (C=O) groups is 2. The van der Waals surface area contributed by atoms with E-state index < -0.39 is 5.97 Å². The zero-order valence-electron chi connectivity index (χ0n) is 11.1. The van der Waals surface area contributed by atoms with E-state index in [4.69, 9.17) is 4.74 Å². The fraction of sp³-hybridized carbons (Fsp3) is 0.143. The Kier molecular flexibility index (Phi) is 5.35. The van der Waals surface area contributed by atoms with E-state index in [2.05, 4.69) is 26.0 Å². The minimum absolute atomic E-state index is 0.154. The number of benzene rings is 1. The standard InChI is InChI=1S/C14H12BrNO4S/c1-19-14(18)13-10(6-7-21-13)16-12(17)8-20-11-5-3-2-4-9(11)15/h2-7H,8H2,1H3,(H,16,17). The molecule has 0 saturated carbocycles. The fourth-order valence-electron chi connectivity index (χ4n) is 1.55. The second kappa shape index (κ2) is 7.24. The zero-order chi connectivity index (χ0) is 15.2. The van der Waals surface area contributed by atoms with Gasteiger partial charge in [0.15, 0.2) is 6.61 Å². The van der Waals surface area contributed by atoms with Gasteiger partial charge in [0.2, 0.25) is 0 Å². The molecule has 0 unspecified atom stereocenters. The Bertz CT molecular complexity index is 656. The Hall–Kier alpha value is -1.86. The predicted molar refractivity (Wildman–Crippen MR) is 83.9 cm³/mol. The predicted octanol–water partition coefficient (Wildman–Crippen LogP) is 3.31. The molecule has 2 rings (SSSR count). The third kappa shape index (κ3) is 4.05. The van der Waals surface area contributed by atoms with Gasteiger partial charge in [0.05, 0.1) is 17.3 Å². The molecule has 0 saturated heterocycles. The van der Waals surface area contributed by atoms with Gasteiger partial charge in [-0.3, -0.25) is 4.79 Å². The second-order valence-electron chi connectivity index (χ2n) is 3.92. The van der Waals surface area contributed by atoms with E-state index in [9.17, 15) is 9.59 Å². The van der Waals surface area contributed by atoms with Crippen LogP contribution in [0.15, 0.2) is 40.2 Å². The Balaban J connectivity index is 1.95. The molecule has 0 atom stereocenters. The van der Waals surface area contributed by atoms with E-state index in [0.29, 0.717) is 16.3 Å². The lowest BCUT2D eigenvalue weighted by atomic mass is 10.3. The topological polar surface area (TPSA) is 64.6 Å². The van der Waals surface area contributed by atoms with Crippen molar-refractivity contribution < 1.29 is 19.1 Å². The molecule has 0 fully saturated rings. The van der Waals surface area contributed by atoms with E-state index in [0.717, 1.165) is 4.47 Å². The molecule has 1 aromatic heterocycles. The van der Waals surface area contributed by atoms with Gasteiger partial charge in [0.25, 0.3) is 5.91 Å². The summed E-state index contributed by atoms with van der Waals surface area (Å²) in [5.41, 5.74) is 0.424. The number of esters is 1. The first-order valence-corrected chi connectivity index (χ1v) is 7.62. The van der Waals surface area contributed by atoms with E-state index in [1.807, 2.05) is 18.2 Å². The van der Waals surface area contributed by atoms with Crippen molar-refractivity contribution in [2.75, 3.05) is 19.0 Å². The summed E-state index contributed by atoms with van der Waals surface area (Å²) in [4.78, 5) is 23.7. The highest BCUT2D eigenvalue weighted by molar-refractivity contribution is 9.10. The van der Waals surface area contributed by atoms with Crippen LogP contribution in [-0.2, 0) is 9.53 Å². The molecule has 110 valence electrons. The van der Waals surface area contributed by atoms with Crippen LogP contribution in [-0.4, -0.2) is 25.6 Å². The fourth-order valence-corrected chi connectivity index (χ4v) is 2.71. The van der Waals surface area contributed by atoms with Crippen molar-refractivity contribution in [3.05, 3.63) is 45.1 Å². The summed E-state index contributed by atoms with van der Waals surface area (Å²) < 4.78 is 10.8. The third-order valence-corrected chi connectivity index (χ3v) is 4.06. The summed E-state index contributed by atoms with van der Waals surface area (Å²) in [6.07, 6.45) is 0. The molecular weight excluding hydrogens is 358 g/mol. The van der Waals surface area contributed by atoms with E-state index in [1.165, 1.54) is 18.4 Å². The van der Waals surface area contributed by atoms with Crippen LogP contribution in [0.3, 0.4) is 0 Å². The normalized spacial score (nSPS) is 10.0. The average molecular weight is 370 g/mol. The van der Waals surface area contributed by atoms with Crippen LogP contribution in [0.5, 0.6) is 5.75 Å². The zero-order valence-corrected chi connectivity index (χ0v) is 13.5. The Labute approximate surface area is 134 Å². The summed E-state index contributed by atoms with van der Waals surface area (Å²) in [6.45, 7) is -0.154. The number of para-hydroxylation sites is 1. The highest BCUT2D eigenvalue weighted by Gasteiger charge is 2.15. The molecule has 7 heteroatoms. The van der Waals surface area contributed by atoms with Crippen LogP contribution in [0.1, 0.15) is 9.67 Å². The lowest BCUT2D eigenvalue weighted by molar-refractivity contribution is -0.118. The van der Waals surface area contributed by atoms with Crippen molar-refractivity contribution in [1.82, 2.24) is 0 Å². The molecule has 1 aromatic carbocycles. The lowest BCUT2D eigenvalue weighted by Gasteiger charge is -2.08. The Morgan fingerprint density at radius 3 is 2.76 bits per heavy atom. The maximum atomic E-state index is 11.9. The summed E-state index contributed by atoms with van der Waals surface area (Å²) in [7, 11) is 1.30. The smallest absolute Gasteiger partial charge is 0.350 e. The molecule has 5 nitrogen and oxygen atoms in total. The van der Waals surface area contributed by atoms with Crippen LogP contribution >= 0.6 is 27.3 Å². The highest BCUT2D eigenvalue weighted by Crippen LogP contribution is 2.25. The summed E-state index contributed by atoms with van der Waals surface area (Å²) >= 11 is 4.53. The number of methoxy groups -OCH3 is 1. The molecule has 0 spiro atoms. The molecule has 0 radical (unpaired) electrons.